The van der Waals surface area contributed by atoms with Crippen LogP contribution in [-0.2, 0) is 42.1 Å². The summed E-state index contributed by atoms with van der Waals surface area (Å²) in [6, 6.07) is 42.3. The largest absolute Gasteiger partial charge is 0.669 e. The minimum atomic E-state index is 0. The predicted molar refractivity (Wildman–Crippen MR) is 150 cm³/mol. The van der Waals surface area contributed by atoms with Gasteiger partial charge in [-0.15, -0.1) is 0 Å². The summed E-state index contributed by atoms with van der Waals surface area (Å²) < 4.78 is 14.5. The second-order valence-corrected chi connectivity index (χ2v) is 7.63. The number of benzene rings is 2. The second-order valence-electron chi connectivity index (χ2n) is 7.63. The molecule has 0 aliphatic rings. The number of pyridine rings is 2. The fraction of sp³-hybridized carbons (Fsp3) is 0. The molecule has 0 bridgehead atoms. The van der Waals surface area contributed by atoms with Gasteiger partial charge in [-0.25, -0.2) is 22.1 Å². The van der Waals surface area contributed by atoms with Crippen LogP contribution in [0.1, 0.15) is 0 Å². The van der Waals surface area contributed by atoms with Crippen molar-refractivity contribution in [2.75, 3.05) is 0 Å². The van der Waals surface area contributed by atoms with Crippen LogP contribution in [-0.4, -0.2) is 19.1 Å². The van der Waals surface area contributed by atoms with E-state index in [9.17, 15) is 0 Å². The van der Waals surface area contributed by atoms with Crippen molar-refractivity contribution in [2.45, 2.75) is 0 Å². The molecule has 0 aliphatic heterocycles. The average molecular weight is 907 g/mol. The number of hydrogen-bond donors (Lipinski definition) is 0. The van der Waals surface area contributed by atoms with Crippen LogP contribution >= 0.6 is 0 Å². The maximum absolute atomic E-state index is 6.57. The van der Waals surface area contributed by atoms with Gasteiger partial charge in [0.25, 0.3) is 0 Å². The fourth-order valence-electron chi connectivity index (χ4n) is 3.05. The van der Waals surface area contributed by atoms with Crippen LogP contribution in [0.5, 0.6) is 23.3 Å². The van der Waals surface area contributed by atoms with Crippen molar-refractivity contribution < 1.29 is 51.6 Å². The summed E-state index contributed by atoms with van der Waals surface area (Å²) in [4.78, 5) is 8.28. The fourth-order valence-corrected chi connectivity index (χ4v) is 3.05. The molecule has 0 N–H and O–H groups in total. The summed E-state index contributed by atoms with van der Waals surface area (Å²) in [5.74, 6) is 2.08. The van der Waals surface area contributed by atoms with Crippen molar-refractivity contribution in [1.29, 1.82) is 0 Å². The normalized spacial score (nSPS) is 9.00. The van der Waals surface area contributed by atoms with Crippen molar-refractivity contribution in [2.24, 2.45) is 0 Å². The molecule has 2 aromatic carbocycles. The molecule has 6 rings (SSSR count). The molecule has 8 heteroatoms. The quantitative estimate of drug-likeness (QED) is 0.143. The maximum atomic E-state index is 6.57. The first-order valence-corrected chi connectivity index (χ1v) is 11.9. The van der Waals surface area contributed by atoms with Gasteiger partial charge >= 0.3 is 0 Å². The summed E-state index contributed by atoms with van der Waals surface area (Å²) in [6.07, 6.45) is 23.5. The molecule has 6 nitrogen and oxygen atoms in total. The van der Waals surface area contributed by atoms with Crippen LogP contribution in [0.3, 0.4) is 0 Å². The zero-order chi connectivity index (χ0) is 27.8. The molecule has 42 heavy (non-hydrogen) atoms. The van der Waals surface area contributed by atoms with Gasteiger partial charge in [0.15, 0.2) is 0 Å². The van der Waals surface area contributed by atoms with E-state index < -0.39 is 0 Å². The number of nitrogens with zero attached hydrogens (tertiary/aromatic N) is 4. The third-order valence-electron chi connectivity index (χ3n) is 4.84. The van der Waals surface area contributed by atoms with Gasteiger partial charge in [-0.1, -0.05) is 23.6 Å². The van der Waals surface area contributed by atoms with E-state index in [0.29, 0.717) is 34.4 Å². The summed E-state index contributed by atoms with van der Waals surface area (Å²) in [7, 11) is 0. The van der Waals surface area contributed by atoms with Crippen LogP contribution < -0.4 is 9.47 Å². The topological polar surface area (TPSA) is 54.1 Å². The Hall–Kier alpha value is -4.60. The molecule has 6 aromatic rings. The molecule has 0 saturated carbocycles. The van der Waals surface area contributed by atoms with Crippen LogP contribution in [0.4, 0.5) is 0 Å². The minimum Gasteiger partial charge on any atom is -0.669 e. The van der Waals surface area contributed by atoms with Gasteiger partial charge in [0, 0.05) is 91.4 Å². The van der Waals surface area contributed by atoms with Crippen molar-refractivity contribution in [3.8, 4) is 46.5 Å². The van der Waals surface area contributed by atoms with E-state index in [2.05, 4.69) is 46.3 Å². The van der Waals surface area contributed by atoms with E-state index in [1.165, 1.54) is 0 Å². The predicted octanol–water partition coefficient (Wildman–Crippen LogP) is 6.69. The Balaban J connectivity index is 0.000000317. The van der Waals surface area contributed by atoms with Gasteiger partial charge in [-0.3, -0.25) is 12.1 Å². The first kappa shape index (κ1) is 33.6. The Labute approximate surface area is 274 Å². The molecule has 214 valence electrons. The minimum absolute atomic E-state index is 0. The molecular formula is C34H20N4O2Pt2-6. The number of ether oxygens (including phenoxy) is 2. The maximum Gasteiger partial charge on any atom is 0.215 e. The van der Waals surface area contributed by atoms with E-state index in [-0.39, 0.29) is 42.1 Å². The van der Waals surface area contributed by atoms with Crippen molar-refractivity contribution in [3.63, 3.8) is 0 Å². The third-order valence-corrected chi connectivity index (χ3v) is 4.84. The zero-order valence-electron chi connectivity index (χ0n) is 21.8. The van der Waals surface area contributed by atoms with Gasteiger partial charge in [-0.2, -0.15) is 12.1 Å². The Morgan fingerprint density at radius 3 is 1.29 bits per heavy atom. The van der Waals surface area contributed by atoms with Gasteiger partial charge in [0.2, 0.25) is 11.8 Å². The van der Waals surface area contributed by atoms with Crippen molar-refractivity contribution in [1.82, 2.24) is 19.1 Å². The molecule has 4 aromatic heterocycles. The van der Waals surface area contributed by atoms with Gasteiger partial charge in [0.1, 0.15) is 0 Å². The molecular weight excluding hydrogens is 887 g/mol. The molecule has 0 spiro atoms. The molecule has 0 saturated heterocycles. The molecule has 0 amide bonds. The average Bonchev–Trinajstić information content (AvgIpc) is 3.74. The first-order chi connectivity index (χ1) is 19.7. The smallest absolute Gasteiger partial charge is 0.215 e. The zero-order valence-corrected chi connectivity index (χ0v) is 26.3. The van der Waals surface area contributed by atoms with Crippen LogP contribution in [0.25, 0.3) is 11.1 Å². The molecule has 0 unspecified atom stereocenters. The summed E-state index contributed by atoms with van der Waals surface area (Å²) in [5.41, 5.74) is 1.34. The van der Waals surface area contributed by atoms with E-state index >= 15 is 0 Å². The third kappa shape index (κ3) is 11.1. The molecule has 0 aliphatic carbocycles. The van der Waals surface area contributed by atoms with Crippen LogP contribution in [0.2, 0.25) is 0 Å². The number of aromatic nitrogens is 4. The van der Waals surface area contributed by atoms with E-state index in [1.54, 1.807) is 82.7 Å². The first-order valence-electron chi connectivity index (χ1n) is 11.9. The SMILES string of the molecule is [C-]#Cn1cccc1.[C-]#Cn1cccc1.[Pt].[Pt].[c-]1ccc(Oc2ccccn2)[c-]c1-c1[c-]ccc(Oc2ccccn2)[c-]1. The van der Waals surface area contributed by atoms with E-state index in [4.69, 9.17) is 22.3 Å². The van der Waals surface area contributed by atoms with Crippen molar-refractivity contribution >= 4 is 0 Å². The van der Waals surface area contributed by atoms with Gasteiger partial charge in [0.05, 0.1) is 0 Å². The number of hydrogen-bond acceptors (Lipinski definition) is 4. The van der Waals surface area contributed by atoms with Crippen LogP contribution in [0.15, 0.2) is 122 Å². The summed E-state index contributed by atoms with van der Waals surface area (Å²) >= 11 is 0. The van der Waals surface area contributed by atoms with E-state index in [1.807, 2.05) is 48.5 Å². The Bertz CT molecular complexity index is 1530. The summed E-state index contributed by atoms with van der Waals surface area (Å²) in [5, 5.41) is 0. The standard InChI is InChI=1S/C22H12N2O2.2C6H4N.2Pt/c1-3-13-23-21(11-1)25-19-9-5-7-17(15-19)18-8-6-10-20(16-18)26-22-12-2-4-14-24-22;2*1-2-7-5-3-4-6-7;;/h1-6,9-14H;2*3-6H;;/q-4;2*-1;;. The Morgan fingerprint density at radius 1 is 0.571 bits per heavy atom. The molecule has 0 atom stereocenters. The molecule has 4 heterocycles. The Kier molecular flexibility index (Phi) is 15.0. The number of rotatable bonds is 5. The monoisotopic (exact) mass is 906 g/mol. The van der Waals surface area contributed by atoms with Crippen molar-refractivity contribution in [3.05, 3.63) is 159 Å². The van der Waals surface area contributed by atoms with E-state index in [0.717, 1.165) is 0 Å². The second kappa shape index (κ2) is 18.7. The molecule has 0 fully saturated rings. The van der Waals surface area contributed by atoms with Gasteiger partial charge < -0.3 is 66.8 Å². The Morgan fingerprint density at radius 2 is 0.976 bits per heavy atom. The van der Waals surface area contributed by atoms with Gasteiger partial charge in [-0.05, 0) is 36.4 Å². The van der Waals surface area contributed by atoms with Crippen LogP contribution in [0, 0.1) is 49.2 Å². The summed E-state index contributed by atoms with van der Waals surface area (Å²) in [6.45, 7) is 0. The molecule has 0 radical (unpaired) electrons.